The third-order valence-electron chi connectivity index (χ3n) is 5.03. The van der Waals surface area contributed by atoms with Gasteiger partial charge in [0.15, 0.2) is 5.54 Å². The highest BCUT2D eigenvalue weighted by molar-refractivity contribution is 9.10. The van der Waals surface area contributed by atoms with Gasteiger partial charge in [0.05, 0.1) is 0 Å². The Bertz CT molecular complexity index is 869. The number of hydrogen-bond acceptors (Lipinski definition) is 3. The Morgan fingerprint density at radius 1 is 1.19 bits per heavy atom. The van der Waals surface area contributed by atoms with E-state index < -0.39 is 29.2 Å². The van der Waals surface area contributed by atoms with Gasteiger partial charge >= 0.3 is 5.97 Å². The first-order chi connectivity index (χ1) is 12.9. The van der Waals surface area contributed by atoms with E-state index in [1.165, 1.54) is 0 Å². The van der Waals surface area contributed by atoms with E-state index in [1.807, 2.05) is 12.1 Å². The van der Waals surface area contributed by atoms with Crippen LogP contribution in [0.3, 0.4) is 0 Å². The zero-order valence-corrected chi connectivity index (χ0v) is 16.3. The topological polar surface area (TPSA) is 86.7 Å². The van der Waals surface area contributed by atoms with Crippen molar-refractivity contribution in [2.24, 2.45) is 0 Å². The van der Waals surface area contributed by atoms with Gasteiger partial charge in [0.2, 0.25) is 5.91 Å². The zero-order chi connectivity index (χ0) is 19.6. The number of carboxylic acid groups (broad SMARTS) is 1. The molecule has 140 valence electrons. The molecule has 1 aliphatic heterocycles. The van der Waals surface area contributed by atoms with Gasteiger partial charge in [-0.15, -0.1) is 0 Å². The fourth-order valence-corrected chi connectivity index (χ4v) is 3.88. The van der Waals surface area contributed by atoms with Crippen molar-refractivity contribution in [3.8, 4) is 0 Å². The maximum absolute atomic E-state index is 12.7. The largest absolute Gasteiger partial charge is 0.479 e. The molecule has 0 saturated carbocycles. The molecule has 1 heterocycles. The molecule has 1 aliphatic rings. The maximum atomic E-state index is 12.7. The van der Waals surface area contributed by atoms with E-state index in [2.05, 4.69) is 21.4 Å². The van der Waals surface area contributed by atoms with Crippen molar-refractivity contribution in [1.29, 1.82) is 0 Å². The average Bonchev–Trinajstić information content (AvgIpc) is 2.96. The minimum Gasteiger partial charge on any atom is -0.479 e. The van der Waals surface area contributed by atoms with Gasteiger partial charge in [0.25, 0.3) is 5.91 Å². The molecule has 0 unspecified atom stereocenters. The van der Waals surface area contributed by atoms with Crippen LogP contribution in [0.4, 0.5) is 0 Å². The summed E-state index contributed by atoms with van der Waals surface area (Å²) in [7, 11) is 0. The predicted molar refractivity (Wildman–Crippen MR) is 103 cm³/mol. The van der Waals surface area contributed by atoms with Crippen LogP contribution in [0.25, 0.3) is 0 Å². The van der Waals surface area contributed by atoms with Crippen molar-refractivity contribution in [2.45, 2.75) is 31.2 Å². The Morgan fingerprint density at radius 3 is 2.37 bits per heavy atom. The van der Waals surface area contributed by atoms with Gasteiger partial charge in [-0.3, -0.25) is 15.0 Å². The Balaban J connectivity index is 1.99. The van der Waals surface area contributed by atoms with E-state index in [-0.39, 0.29) is 12.8 Å². The van der Waals surface area contributed by atoms with Crippen LogP contribution >= 0.6 is 15.9 Å². The van der Waals surface area contributed by atoms with Crippen molar-refractivity contribution in [1.82, 2.24) is 10.4 Å². The van der Waals surface area contributed by atoms with Gasteiger partial charge in [0.1, 0.15) is 0 Å². The molecule has 2 aromatic rings. The molecule has 0 bridgehead atoms. The maximum Gasteiger partial charge on any atom is 0.332 e. The molecular formula is C20H19BrN2O4. The summed E-state index contributed by atoms with van der Waals surface area (Å²) in [6, 6.07) is 15.6. The van der Waals surface area contributed by atoms with Gasteiger partial charge in [-0.05, 0) is 36.2 Å². The summed E-state index contributed by atoms with van der Waals surface area (Å²) in [6.07, 6.45) is 0.167. The molecular weight excluding hydrogens is 412 g/mol. The zero-order valence-electron chi connectivity index (χ0n) is 14.7. The molecule has 2 N–H and O–H groups in total. The number of halogens is 1. The SMILES string of the molecule is CC[C@]1(C(=O)O)[C@H](c2ccc(Br)cc2)CC(=O)N1NC(=O)c1ccccc1. The van der Waals surface area contributed by atoms with Crippen LogP contribution in [0, 0.1) is 0 Å². The second-order valence-electron chi connectivity index (χ2n) is 6.43. The van der Waals surface area contributed by atoms with Crippen LogP contribution in [-0.4, -0.2) is 33.4 Å². The van der Waals surface area contributed by atoms with Crippen molar-refractivity contribution in [2.75, 3.05) is 0 Å². The normalized spacial score (nSPS) is 21.9. The van der Waals surface area contributed by atoms with Crippen LogP contribution in [0.2, 0.25) is 0 Å². The summed E-state index contributed by atoms with van der Waals surface area (Å²) in [6.45, 7) is 1.71. The number of hydrazine groups is 1. The van der Waals surface area contributed by atoms with E-state index >= 15 is 0 Å². The van der Waals surface area contributed by atoms with Crippen molar-refractivity contribution >= 4 is 33.7 Å². The number of carbonyl (C=O) groups is 3. The first kappa shape index (κ1) is 19.1. The number of nitrogens with zero attached hydrogens (tertiary/aromatic N) is 1. The highest BCUT2D eigenvalue weighted by Crippen LogP contribution is 2.44. The number of nitrogens with one attached hydrogen (secondary N) is 1. The lowest BCUT2D eigenvalue weighted by Gasteiger charge is -2.37. The van der Waals surface area contributed by atoms with Crippen molar-refractivity contribution in [3.05, 3.63) is 70.2 Å². The van der Waals surface area contributed by atoms with E-state index in [0.717, 1.165) is 15.0 Å². The summed E-state index contributed by atoms with van der Waals surface area (Å²) in [5.74, 6) is -2.65. The average molecular weight is 431 g/mol. The van der Waals surface area contributed by atoms with Crippen LogP contribution in [0.1, 0.15) is 41.6 Å². The number of carboxylic acids is 1. The molecule has 0 spiro atoms. The lowest BCUT2D eigenvalue weighted by molar-refractivity contribution is -0.157. The number of rotatable bonds is 5. The molecule has 2 aromatic carbocycles. The Morgan fingerprint density at radius 2 is 1.81 bits per heavy atom. The first-order valence-electron chi connectivity index (χ1n) is 8.58. The van der Waals surface area contributed by atoms with Gasteiger partial charge in [-0.2, -0.15) is 0 Å². The first-order valence-corrected chi connectivity index (χ1v) is 9.37. The Hall–Kier alpha value is -2.67. The minimum absolute atomic E-state index is 0.0108. The lowest BCUT2D eigenvalue weighted by atomic mass is 9.78. The highest BCUT2D eigenvalue weighted by atomic mass is 79.9. The molecule has 1 saturated heterocycles. The fourth-order valence-electron chi connectivity index (χ4n) is 3.62. The number of hydrogen-bond donors (Lipinski definition) is 2. The van der Waals surface area contributed by atoms with Crippen LogP contribution < -0.4 is 5.43 Å². The standard InChI is InChI=1S/C20H19BrN2O4/c1-2-20(19(26)27)16(13-8-10-15(21)11-9-13)12-17(24)23(20)22-18(25)14-6-4-3-5-7-14/h3-11,16H,2,12H2,1H3,(H,22,25)(H,26,27)/t16-,20+/m0/s1. The van der Waals surface area contributed by atoms with Crippen molar-refractivity contribution in [3.63, 3.8) is 0 Å². The quantitative estimate of drug-likeness (QED) is 0.761. The second-order valence-corrected chi connectivity index (χ2v) is 7.34. The number of aliphatic carboxylic acids is 1. The van der Waals surface area contributed by atoms with E-state index in [4.69, 9.17) is 0 Å². The van der Waals surface area contributed by atoms with E-state index in [1.54, 1.807) is 49.4 Å². The van der Waals surface area contributed by atoms with Gasteiger partial charge < -0.3 is 5.11 Å². The lowest BCUT2D eigenvalue weighted by Crippen LogP contribution is -2.61. The predicted octanol–water partition coefficient (Wildman–Crippen LogP) is 3.34. The minimum atomic E-state index is -1.55. The van der Waals surface area contributed by atoms with Gasteiger partial charge in [-0.25, -0.2) is 9.80 Å². The molecule has 0 radical (unpaired) electrons. The molecule has 0 aromatic heterocycles. The molecule has 7 heteroatoms. The Labute approximate surface area is 165 Å². The molecule has 3 rings (SSSR count). The molecule has 2 atom stereocenters. The van der Waals surface area contributed by atoms with Gasteiger partial charge in [-0.1, -0.05) is 53.2 Å². The summed E-state index contributed by atoms with van der Waals surface area (Å²) < 4.78 is 0.863. The number of benzene rings is 2. The third-order valence-corrected chi connectivity index (χ3v) is 5.56. The molecule has 27 heavy (non-hydrogen) atoms. The second kappa shape index (κ2) is 7.52. The molecule has 1 fully saturated rings. The number of amides is 2. The summed E-state index contributed by atoms with van der Waals surface area (Å²) >= 11 is 3.36. The van der Waals surface area contributed by atoms with Crippen molar-refractivity contribution < 1.29 is 19.5 Å². The summed E-state index contributed by atoms with van der Waals surface area (Å²) in [4.78, 5) is 37.6. The summed E-state index contributed by atoms with van der Waals surface area (Å²) in [5, 5.41) is 11.1. The third kappa shape index (κ3) is 3.35. The van der Waals surface area contributed by atoms with Gasteiger partial charge in [0, 0.05) is 22.4 Å². The van der Waals surface area contributed by atoms with Crippen LogP contribution in [-0.2, 0) is 9.59 Å². The molecule has 0 aliphatic carbocycles. The molecule has 6 nitrogen and oxygen atoms in total. The fraction of sp³-hybridized carbons (Fsp3) is 0.250. The number of carbonyl (C=O) groups excluding carboxylic acids is 2. The monoisotopic (exact) mass is 430 g/mol. The highest BCUT2D eigenvalue weighted by Gasteiger charge is 2.58. The molecule has 2 amide bonds. The van der Waals surface area contributed by atoms with Crippen LogP contribution in [0.15, 0.2) is 59.1 Å². The van der Waals surface area contributed by atoms with E-state index in [9.17, 15) is 19.5 Å². The smallest absolute Gasteiger partial charge is 0.332 e. The van der Waals surface area contributed by atoms with E-state index in [0.29, 0.717) is 5.56 Å². The van der Waals surface area contributed by atoms with Crippen LogP contribution in [0.5, 0.6) is 0 Å². The Kier molecular flexibility index (Phi) is 5.32. The summed E-state index contributed by atoms with van der Waals surface area (Å²) in [5.41, 5.74) is 2.08.